The van der Waals surface area contributed by atoms with E-state index in [1.807, 2.05) is 0 Å². The first-order valence-electron chi connectivity index (χ1n) is 6.37. The first-order chi connectivity index (χ1) is 6.95. The molecule has 0 spiro atoms. The number of hydrogen-bond donors (Lipinski definition) is 1. The lowest BCUT2D eigenvalue weighted by atomic mass is 9.56. The van der Waals surface area contributed by atoms with Crippen LogP contribution in [0.2, 0.25) is 6.82 Å². The molecule has 2 nitrogen and oxygen atoms in total. The molecule has 3 heteroatoms. The van der Waals surface area contributed by atoms with Gasteiger partial charge in [-0.1, -0.05) is 20.8 Å². The van der Waals surface area contributed by atoms with Crippen molar-refractivity contribution in [3.8, 4) is 0 Å². The SMILES string of the molecule is CB1N[C@H]2[C@H](C[C@H]3CC[C@]2(C)C3(C)C)O1. The van der Waals surface area contributed by atoms with Crippen LogP contribution < -0.4 is 5.23 Å². The van der Waals surface area contributed by atoms with E-state index in [1.165, 1.54) is 19.3 Å². The van der Waals surface area contributed by atoms with Gasteiger partial charge >= 0.3 is 7.05 Å². The Morgan fingerprint density at radius 2 is 2.07 bits per heavy atom. The quantitative estimate of drug-likeness (QED) is 0.615. The van der Waals surface area contributed by atoms with Gasteiger partial charge in [-0.25, -0.2) is 0 Å². The zero-order valence-electron chi connectivity index (χ0n) is 10.3. The van der Waals surface area contributed by atoms with Gasteiger partial charge in [0.05, 0.1) is 6.10 Å². The highest BCUT2D eigenvalue weighted by Gasteiger charge is 2.63. The van der Waals surface area contributed by atoms with Gasteiger partial charge in [-0.2, -0.15) is 0 Å². The summed E-state index contributed by atoms with van der Waals surface area (Å²) in [6, 6.07) is 0.584. The second-order valence-corrected chi connectivity index (χ2v) is 6.57. The third kappa shape index (κ3) is 1.09. The van der Waals surface area contributed by atoms with Crippen LogP contribution in [0.3, 0.4) is 0 Å². The van der Waals surface area contributed by atoms with Crippen molar-refractivity contribution in [3.05, 3.63) is 0 Å². The van der Waals surface area contributed by atoms with Gasteiger partial charge in [-0.3, -0.25) is 0 Å². The Hall–Kier alpha value is -0.0151. The Morgan fingerprint density at radius 3 is 2.80 bits per heavy atom. The second kappa shape index (κ2) is 2.81. The fourth-order valence-corrected chi connectivity index (χ4v) is 4.40. The Bertz CT molecular complexity index is 293. The molecule has 1 saturated heterocycles. The summed E-state index contributed by atoms with van der Waals surface area (Å²) in [6.45, 7) is 9.54. The fourth-order valence-electron chi connectivity index (χ4n) is 4.40. The van der Waals surface area contributed by atoms with Crippen molar-refractivity contribution in [2.24, 2.45) is 16.7 Å². The van der Waals surface area contributed by atoms with Crippen LogP contribution in [-0.4, -0.2) is 19.2 Å². The highest BCUT2D eigenvalue weighted by molar-refractivity contribution is 6.48. The van der Waals surface area contributed by atoms with Crippen molar-refractivity contribution >= 4 is 7.05 Å². The number of hydrogen-bond acceptors (Lipinski definition) is 2. The molecule has 0 amide bonds. The smallest absolute Gasteiger partial charge is 0.376 e. The molecule has 15 heavy (non-hydrogen) atoms. The number of rotatable bonds is 0. The predicted octanol–water partition coefficient (Wildman–Crippen LogP) is 2.31. The molecular formula is C12H22BNO. The van der Waals surface area contributed by atoms with Crippen molar-refractivity contribution in [2.75, 3.05) is 0 Å². The van der Waals surface area contributed by atoms with Crippen LogP contribution in [0.1, 0.15) is 40.0 Å². The molecule has 1 heterocycles. The van der Waals surface area contributed by atoms with E-state index in [-0.39, 0.29) is 7.05 Å². The van der Waals surface area contributed by atoms with Gasteiger partial charge < -0.3 is 9.88 Å². The van der Waals surface area contributed by atoms with Gasteiger partial charge in [0.25, 0.3) is 0 Å². The van der Waals surface area contributed by atoms with Crippen LogP contribution in [0.25, 0.3) is 0 Å². The van der Waals surface area contributed by atoms with Gasteiger partial charge in [0.1, 0.15) is 0 Å². The molecule has 3 rings (SSSR count). The minimum atomic E-state index is 0.256. The van der Waals surface area contributed by atoms with Crippen LogP contribution in [0, 0.1) is 16.7 Å². The standard InChI is InChI=1S/C12H22BNO/c1-11(2)8-5-6-12(11,3)10-9(7-8)15-13(4)14-10/h8-10,14H,5-7H2,1-4H3/t8-,9+,10+,12+/m1/s1. The van der Waals surface area contributed by atoms with E-state index in [0.29, 0.717) is 23.0 Å². The monoisotopic (exact) mass is 207 g/mol. The Balaban J connectivity index is 1.99. The average molecular weight is 207 g/mol. The summed E-state index contributed by atoms with van der Waals surface area (Å²) < 4.78 is 5.99. The molecule has 4 atom stereocenters. The van der Waals surface area contributed by atoms with Crippen LogP contribution in [0.4, 0.5) is 0 Å². The van der Waals surface area contributed by atoms with E-state index < -0.39 is 0 Å². The largest absolute Gasteiger partial charge is 0.417 e. The Morgan fingerprint density at radius 1 is 1.33 bits per heavy atom. The van der Waals surface area contributed by atoms with Crippen LogP contribution >= 0.6 is 0 Å². The van der Waals surface area contributed by atoms with Gasteiger partial charge in [0.2, 0.25) is 0 Å². The van der Waals surface area contributed by atoms with Crippen molar-refractivity contribution in [1.82, 2.24) is 5.23 Å². The van der Waals surface area contributed by atoms with Crippen molar-refractivity contribution < 1.29 is 4.65 Å². The van der Waals surface area contributed by atoms with E-state index in [4.69, 9.17) is 4.65 Å². The lowest BCUT2D eigenvalue weighted by Crippen LogP contribution is -2.56. The molecular weight excluding hydrogens is 185 g/mol. The summed E-state index contributed by atoms with van der Waals surface area (Å²) in [5.74, 6) is 0.871. The molecule has 2 saturated carbocycles. The third-order valence-electron chi connectivity index (χ3n) is 5.87. The predicted molar refractivity (Wildman–Crippen MR) is 62.6 cm³/mol. The van der Waals surface area contributed by atoms with E-state index in [9.17, 15) is 0 Å². The number of nitrogens with one attached hydrogen (secondary N) is 1. The van der Waals surface area contributed by atoms with Gasteiger partial charge in [0.15, 0.2) is 0 Å². The first-order valence-corrected chi connectivity index (χ1v) is 6.37. The second-order valence-electron chi connectivity index (χ2n) is 6.57. The third-order valence-corrected chi connectivity index (χ3v) is 5.87. The highest BCUT2D eigenvalue weighted by atomic mass is 16.5. The molecule has 2 bridgehead atoms. The van der Waals surface area contributed by atoms with Crippen LogP contribution in [0.5, 0.6) is 0 Å². The first kappa shape index (κ1) is 10.2. The maximum Gasteiger partial charge on any atom is 0.376 e. The molecule has 1 N–H and O–H groups in total. The molecule has 3 fully saturated rings. The van der Waals surface area contributed by atoms with Crippen LogP contribution in [-0.2, 0) is 4.65 Å². The molecule has 2 aliphatic carbocycles. The molecule has 3 aliphatic rings. The molecule has 0 aromatic rings. The number of fused-ring (bicyclic) bond motifs is 4. The molecule has 1 aliphatic heterocycles. The van der Waals surface area contributed by atoms with Crippen molar-refractivity contribution in [3.63, 3.8) is 0 Å². The average Bonchev–Trinajstić information content (AvgIpc) is 2.56. The van der Waals surface area contributed by atoms with Gasteiger partial charge in [-0.15, -0.1) is 0 Å². The van der Waals surface area contributed by atoms with Crippen LogP contribution in [0.15, 0.2) is 0 Å². The summed E-state index contributed by atoms with van der Waals surface area (Å²) in [5, 5.41) is 3.66. The summed E-state index contributed by atoms with van der Waals surface area (Å²) >= 11 is 0. The molecule has 0 unspecified atom stereocenters. The summed E-state index contributed by atoms with van der Waals surface area (Å²) in [5.41, 5.74) is 0.917. The van der Waals surface area contributed by atoms with E-state index in [0.717, 1.165) is 5.92 Å². The summed E-state index contributed by atoms with van der Waals surface area (Å²) in [6.07, 6.45) is 4.51. The van der Waals surface area contributed by atoms with Gasteiger partial charge in [0, 0.05) is 6.04 Å². The van der Waals surface area contributed by atoms with Crippen molar-refractivity contribution in [2.45, 2.75) is 59.0 Å². The topological polar surface area (TPSA) is 21.3 Å². The Kier molecular flexibility index (Phi) is 1.90. The van der Waals surface area contributed by atoms with E-state index in [2.05, 4.69) is 32.8 Å². The minimum Gasteiger partial charge on any atom is -0.417 e. The maximum absolute atomic E-state index is 5.99. The zero-order valence-corrected chi connectivity index (χ0v) is 10.3. The lowest BCUT2D eigenvalue weighted by molar-refractivity contribution is -0.0337. The summed E-state index contributed by atoms with van der Waals surface area (Å²) in [7, 11) is 0.256. The lowest BCUT2D eigenvalue weighted by Gasteiger charge is -2.52. The normalized spacial score (nSPS) is 52.0. The molecule has 0 radical (unpaired) electrons. The van der Waals surface area contributed by atoms with Crippen molar-refractivity contribution in [1.29, 1.82) is 0 Å². The maximum atomic E-state index is 5.99. The molecule has 0 aromatic carbocycles. The Labute approximate surface area is 93.3 Å². The van der Waals surface area contributed by atoms with E-state index in [1.54, 1.807) is 0 Å². The molecule has 0 aromatic heterocycles. The zero-order chi connectivity index (χ0) is 10.8. The molecule has 84 valence electrons. The van der Waals surface area contributed by atoms with Gasteiger partial charge in [-0.05, 0) is 42.8 Å². The highest BCUT2D eigenvalue weighted by Crippen LogP contribution is 2.63. The fraction of sp³-hybridized carbons (Fsp3) is 1.00. The van der Waals surface area contributed by atoms with E-state index >= 15 is 0 Å². The summed E-state index contributed by atoms with van der Waals surface area (Å²) in [4.78, 5) is 0. The minimum absolute atomic E-state index is 0.256.